The van der Waals surface area contributed by atoms with E-state index in [-0.39, 0.29) is 17.2 Å². The Bertz CT molecular complexity index is 549. The molecule has 1 saturated heterocycles. The van der Waals surface area contributed by atoms with Gasteiger partial charge >= 0.3 is 0 Å². The Labute approximate surface area is 123 Å². The van der Waals surface area contributed by atoms with E-state index < -0.39 is 4.92 Å². The molecule has 1 amide bonds. The maximum absolute atomic E-state index is 12.7. The molecule has 1 aliphatic heterocycles. The lowest BCUT2D eigenvalue weighted by molar-refractivity contribution is -0.384. The highest BCUT2D eigenvalue weighted by molar-refractivity contribution is 5.97. The summed E-state index contributed by atoms with van der Waals surface area (Å²) in [5, 5.41) is 10.9. The number of nitrogens with zero attached hydrogens (tertiary/aromatic N) is 2. The number of ether oxygens (including phenoxy) is 1. The van der Waals surface area contributed by atoms with E-state index in [1.54, 1.807) is 4.90 Å². The molecule has 1 aromatic rings. The molecule has 21 heavy (non-hydrogen) atoms. The fourth-order valence-electron chi connectivity index (χ4n) is 2.98. The molecule has 2 atom stereocenters. The van der Waals surface area contributed by atoms with E-state index in [4.69, 9.17) is 4.74 Å². The summed E-state index contributed by atoms with van der Waals surface area (Å²) in [5.74, 6) is 1.04. The van der Waals surface area contributed by atoms with Crippen molar-refractivity contribution >= 4 is 11.6 Å². The summed E-state index contributed by atoms with van der Waals surface area (Å²) in [6, 6.07) is 4.12. The highest BCUT2D eigenvalue weighted by Gasteiger charge is 2.28. The summed E-state index contributed by atoms with van der Waals surface area (Å²) >= 11 is 0. The topological polar surface area (TPSA) is 72.7 Å². The number of benzene rings is 1. The van der Waals surface area contributed by atoms with Gasteiger partial charge in [0.2, 0.25) is 0 Å². The monoisotopic (exact) mass is 292 g/mol. The molecule has 1 heterocycles. The average Bonchev–Trinajstić information content (AvgIpc) is 2.44. The Hall–Kier alpha value is -2.11. The first-order valence-corrected chi connectivity index (χ1v) is 7.04. The first kappa shape index (κ1) is 15.3. The summed E-state index contributed by atoms with van der Waals surface area (Å²) in [5.41, 5.74) is 0.158. The van der Waals surface area contributed by atoms with E-state index >= 15 is 0 Å². The van der Waals surface area contributed by atoms with Crippen molar-refractivity contribution in [2.45, 2.75) is 20.3 Å². The predicted octanol–water partition coefficient (Wildman–Crippen LogP) is 2.72. The van der Waals surface area contributed by atoms with Gasteiger partial charge in [0.1, 0.15) is 5.75 Å². The van der Waals surface area contributed by atoms with Crippen LogP contribution in [0.1, 0.15) is 30.6 Å². The van der Waals surface area contributed by atoms with Gasteiger partial charge in [-0.15, -0.1) is 0 Å². The van der Waals surface area contributed by atoms with Crippen molar-refractivity contribution in [3.05, 3.63) is 33.9 Å². The van der Waals surface area contributed by atoms with Crippen LogP contribution in [-0.2, 0) is 0 Å². The number of hydrogen-bond donors (Lipinski definition) is 0. The zero-order chi connectivity index (χ0) is 15.6. The number of non-ortho nitro benzene ring substituents is 1. The minimum absolute atomic E-state index is 0.0998. The third-order valence-corrected chi connectivity index (χ3v) is 3.78. The number of nitro benzene ring substituents is 1. The summed E-state index contributed by atoms with van der Waals surface area (Å²) in [6.07, 6.45) is 1.09. The number of nitro groups is 1. The van der Waals surface area contributed by atoms with Gasteiger partial charge in [0.05, 0.1) is 17.6 Å². The van der Waals surface area contributed by atoms with Gasteiger partial charge in [0, 0.05) is 25.2 Å². The van der Waals surface area contributed by atoms with Crippen LogP contribution in [0.25, 0.3) is 0 Å². The van der Waals surface area contributed by atoms with Gasteiger partial charge in [0.15, 0.2) is 0 Å². The second-order valence-corrected chi connectivity index (χ2v) is 5.80. The van der Waals surface area contributed by atoms with Gasteiger partial charge < -0.3 is 9.64 Å². The molecule has 0 N–H and O–H groups in total. The first-order valence-electron chi connectivity index (χ1n) is 7.04. The van der Waals surface area contributed by atoms with Crippen LogP contribution in [-0.4, -0.2) is 35.9 Å². The van der Waals surface area contributed by atoms with E-state index in [2.05, 4.69) is 13.8 Å². The standard InChI is InChI=1S/C15H20N2O4/c1-10-6-11(2)9-16(8-10)15(18)13-7-12(17(19)20)4-5-14(13)21-3/h4-5,7,10-11H,6,8-9H2,1-3H3. The minimum Gasteiger partial charge on any atom is -0.496 e. The lowest BCUT2D eigenvalue weighted by Crippen LogP contribution is -2.42. The summed E-state index contributed by atoms with van der Waals surface area (Å²) in [6.45, 7) is 5.57. The van der Waals surface area contributed by atoms with Crippen LogP contribution >= 0.6 is 0 Å². The molecule has 0 aromatic heterocycles. The number of hydrogen-bond acceptors (Lipinski definition) is 4. The van der Waals surface area contributed by atoms with Gasteiger partial charge in [0.25, 0.3) is 11.6 Å². The average molecular weight is 292 g/mol. The van der Waals surface area contributed by atoms with E-state index in [0.717, 1.165) is 6.42 Å². The third kappa shape index (κ3) is 3.32. The van der Waals surface area contributed by atoms with Crippen LogP contribution < -0.4 is 4.74 Å². The zero-order valence-electron chi connectivity index (χ0n) is 12.5. The number of amides is 1. The van der Waals surface area contributed by atoms with E-state index in [1.807, 2.05) is 0 Å². The van der Waals surface area contributed by atoms with Crippen LogP contribution in [0, 0.1) is 22.0 Å². The lowest BCUT2D eigenvalue weighted by Gasteiger charge is -2.35. The quantitative estimate of drug-likeness (QED) is 0.634. The molecule has 6 nitrogen and oxygen atoms in total. The molecule has 0 spiro atoms. The van der Waals surface area contributed by atoms with Crippen molar-refractivity contribution in [2.75, 3.05) is 20.2 Å². The molecule has 0 aliphatic carbocycles. The lowest BCUT2D eigenvalue weighted by atomic mass is 9.91. The van der Waals surface area contributed by atoms with E-state index in [1.165, 1.54) is 25.3 Å². The first-order chi connectivity index (χ1) is 9.92. The molecule has 0 radical (unpaired) electrons. The Morgan fingerprint density at radius 1 is 1.33 bits per heavy atom. The molecule has 1 aromatic carbocycles. The van der Waals surface area contributed by atoms with Gasteiger partial charge in [-0.3, -0.25) is 14.9 Å². The van der Waals surface area contributed by atoms with Crippen LogP contribution in [0.4, 0.5) is 5.69 Å². The van der Waals surface area contributed by atoms with Crippen LogP contribution in [0.3, 0.4) is 0 Å². The maximum atomic E-state index is 12.7. The molecular weight excluding hydrogens is 272 g/mol. The molecule has 2 rings (SSSR count). The smallest absolute Gasteiger partial charge is 0.270 e. The molecule has 114 valence electrons. The van der Waals surface area contributed by atoms with Crippen molar-refractivity contribution in [3.8, 4) is 5.75 Å². The predicted molar refractivity (Wildman–Crippen MR) is 78.5 cm³/mol. The second-order valence-electron chi connectivity index (χ2n) is 5.80. The van der Waals surface area contributed by atoms with E-state index in [9.17, 15) is 14.9 Å². The number of methoxy groups -OCH3 is 1. The largest absolute Gasteiger partial charge is 0.496 e. The SMILES string of the molecule is COc1ccc([N+](=O)[O-])cc1C(=O)N1CC(C)CC(C)C1. The number of piperidine rings is 1. The van der Waals surface area contributed by atoms with Crippen molar-refractivity contribution in [1.29, 1.82) is 0 Å². The summed E-state index contributed by atoms with van der Waals surface area (Å²) < 4.78 is 5.18. The van der Waals surface area contributed by atoms with Gasteiger partial charge in [-0.2, -0.15) is 0 Å². The molecule has 1 aliphatic rings. The fraction of sp³-hybridized carbons (Fsp3) is 0.533. The Kier molecular flexibility index (Phi) is 4.45. The molecule has 6 heteroatoms. The highest BCUT2D eigenvalue weighted by Crippen LogP contribution is 2.28. The van der Waals surface area contributed by atoms with Crippen LogP contribution in [0.2, 0.25) is 0 Å². The Morgan fingerprint density at radius 2 is 1.95 bits per heavy atom. The third-order valence-electron chi connectivity index (χ3n) is 3.78. The molecule has 2 unspecified atom stereocenters. The van der Waals surface area contributed by atoms with Crippen molar-refractivity contribution < 1.29 is 14.5 Å². The highest BCUT2D eigenvalue weighted by atomic mass is 16.6. The second kappa shape index (κ2) is 6.11. The molecule has 1 fully saturated rings. The Morgan fingerprint density at radius 3 is 2.48 bits per heavy atom. The van der Waals surface area contributed by atoms with Gasteiger partial charge in [-0.25, -0.2) is 0 Å². The summed E-state index contributed by atoms with van der Waals surface area (Å²) in [4.78, 5) is 24.8. The van der Waals surface area contributed by atoms with Crippen LogP contribution in [0.15, 0.2) is 18.2 Å². The number of likely N-dealkylation sites (tertiary alicyclic amines) is 1. The number of carbonyl (C=O) groups is 1. The zero-order valence-corrected chi connectivity index (χ0v) is 12.5. The van der Waals surface area contributed by atoms with Crippen molar-refractivity contribution in [1.82, 2.24) is 4.90 Å². The van der Waals surface area contributed by atoms with Gasteiger partial charge in [-0.1, -0.05) is 13.8 Å². The minimum atomic E-state index is -0.502. The number of rotatable bonds is 3. The fourth-order valence-corrected chi connectivity index (χ4v) is 2.98. The van der Waals surface area contributed by atoms with Crippen LogP contribution in [0.5, 0.6) is 5.75 Å². The molecular formula is C15H20N2O4. The van der Waals surface area contributed by atoms with E-state index in [0.29, 0.717) is 30.7 Å². The Balaban J connectivity index is 2.32. The summed E-state index contributed by atoms with van der Waals surface area (Å²) in [7, 11) is 1.46. The number of carbonyl (C=O) groups excluding carboxylic acids is 1. The normalized spacial score (nSPS) is 22.0. The van der Waals surface area contributed by atoms with Crippen molar-refractivity contribution in [2.24, 2.45) is 11.8 Å². The molecule has 0 bridgehead atoms. The van der Waals surface area contributed by atoms with Gasteiger partial charge in [-0.05, 0) is 24.3 Å². The maximum Gasteiger partial charge on any atom is 0.270 e. The molecule has 0 saturated carbocycles. The van der Waals surface area contributed by atoms with Crippen molar-refractivity contribution in [3.63, 3.8) is 0 Å².